The molecule has 1 aliphatic heterocycles. The quantitative estimate of drug-likeness (QED) is 0.927. The fraction of sp³-hybridized carbons (Fsp3) is 0.529. The molecule has 1 aromatic carbocycles. The van der Waals surface area contributed by atoms with Gasteiger partial charge >= 0.3 is 5.97 Å². The molecule has 0 radical (unpaired) electrons. The number of carboxylic acid groups (broad SMARTS) is 1. The number of amides is 1. The van der Waals surface area contributed by atoms with Gasteiger partial charge in [-0.1, -0.05) is 12.5 Å². The van der Waals surface area contributed by atoms with E-state index < -0.39 is 12.0 Å². The molecule has 1 aliphatic carbocycles. The maximum absolute atomic E-state index is 12.8. The van der Waals surface area contributed by atoms with Crippen LogP contribution in [0.5, 0.6) is 5.75 Å². The van der Waals surface area contributed by atoms with Crippen LogP contribution in [-0.4, -0.2) is 41.1 Å². The second-order valence-corrected chi connectivity index (χ2v) is 6.06. The predicted octanol–water partition coefficient (Wildman–Crippen LogP) is 2.41. The lowest BCUT2D eigenvalue weighted by Gasteiger charge is -2.24. The van der Waals surface area contributed by atoms with Crippen molar-refractivity contribution in [2.75, 3.05) is 13.2 Å². The molecule has 5 heteroatoms. The van der Waals surface area contributed by atoms with E-state index in [4.69, 9.17) is 4.74 Å². The van der Waals surface area contributed by atoms with Crippen LogP contribution in [0.25, 0.3) is 0 Å². The Hall–Kier alpha value is -2.04. The number of nitrogens with zero attached hydrogens (tertiary/aromatic N) is 1. The Morgan fingerprint density at radius 3 is 2.91 bits per heavy atom. The second kappa shape index (κ2) is 5.99. The monoisotopic (exact) mass is 303 g/mol. The summed E-state index contributed by atoms with van der Waals surface area (Å²) in [7, 11) is 0. The van der Waals surface area contributed by atoms with E-state index in [0.717, 1.165) is 19.3 Å². The third-order valence-electron chi connectivity index (χ3n) is 4.80. The van der Waals surface area contributed by atoms with Crippen LogP contribution < -0.4 is 4.74 Å². The lowest BCUT2D eigenvalue weighted by atomic mass is 9.94. The van der Waals surface area contributed by atoms with Gasteiger partial charge in [0.2, 0.25) is 0 Å². The van der Waals surface area contributed by atoms with Gasteiger partial charge in [0.15, 0.2) is 0 Å². The Morgan fingerprint density at radius 1 is 1.36 bits per heavy atom. The number of carbonyl (C=O) groups excluding carboxylic acids is 1. The third kappa shape index (κ3) is 2.56. The minimum atomic E-state index is -0.885. The molecule has 2 fully saturated rings. The first-order valence-electron chi connectivity index (χ1n) is 7.88. The molecule has 3 unspecified atom stereocenters. The van der Waals surface area contributed by atoms with Gasteiger partial charge in [-0.05, 0) is 49.8 Å². The Morgan fingerprint density at radius 2 is 2.18 bits per heavy atom. The van der Waals surface area contributed by atoms with Gasteiger partial charge in [0.25, 0.3) is 5.91 Å². The van der Waals surface area contributed by atoms with Gasteiger partial charge in [0.05, 0.1) is 6.61 Å². The number of carbonyl (C=O) groups is 2. The van der Waals surface area contributed by atoms with Crippen LogP contribution in [0.4, 0.5) is 0 Å². The van der Waals surface area contributed by atoms with E-state index in [1.807, 2.05) is 6.92 Å². The fourth-order valence-corrected chi connectivity index (χ4v) is 3.88. The molecule has 1 saturated heterocycles. The first-order chi connectivity index (χ1) is 10.6. The topological polar surface area (TPSA) is 66.8 Å². The van der Waals surface area contributed by atoms with E-state index in [-0.39, 0.29) is 11.8 Å². The summed E-state index contributed by atoms with van der Waals surface area (Å²) >= 11 is 0. The summed E-state index contributed by atoms with van der Waals surface area (Å²) in [4.78, 5) is 25.9. The molecule has 1 saturated carbocycles. The summed E-state index contributed by atoms with van der Waals surface area (Å²) in [5.74, 6) is -0.0108. The van der Waals surface area contributed by atoms with Gasteiger partial charge in [0.1, 0.15) is 11.8 Å². The number of fused-ring (bicyclic) bond motifs is 1. The largest absolute Gasteiger partial charge is 0.494 e. The van der Waals surface area contributed by atoms with E-state index >= 15 is 0 Å². The fourth-order valence-electron chi connectivity index (χ4n) is 3.88. The van der Waals surface area contributed by atoms with Crippen molar-refractivity contribution < 1.29 is 19.4 Å². The van der Waals surface area contributed by atoms with Crippen LogP contribution in [-0.2, 0) is 4.79 Å². The van der Waals surface area contributed by atoms with Crippen LogP contribution in [0.2, 0.25) is 0 Å². The molecule has 1 aromatic rings. The molecule has 22 heavy (non-hydrogen) atoms. The average Bonchev–Trinajstić information content (AvgIpc) is 3.07. The normalized spacial score (nSPS) is 26.8. The van der Waals surface area contributed by atoms with Crippen LogP contribution in [0.15, 0.2) is 24.3 Å². The molecule has 118 valence electrons. The van der Waals surface area contributed by atoms with E-state index in [1.165, 1.54) is 0 Å². The van der Waals surface area contributed by atoms with Crippen molar-refractivity contribution in [1.29, 1.82) is 0 Å². The number of benzene rings is 1. The molecule has 0 aromatic heterocycles. The molecule has 0 bridgehead atoms. The number of hydrogen-bond donors (Lipinski definition) is 1. The second-order valence-electron chi connectivity index (χ2n) is 6.06. The van der Waals surface area contributed by atoms with Crippen LogP contribution in [0.1, 0.15) is 36.5 Å². The lowest BCUT2D eigenvalue weighted by molar-refractivity contribution is -0.142. The molecule has 2 aliphatic rings. The highest BCUT2D eigenvalue weighted by Crippen LogP contribution is 2.42. The van der Waals surface area contributed by atoms with Crippen molar-refractivity contribution in [3.8, 4) is 5.75 Å². The van der Waals surface area contributed by atoms with Crippen molar-refractivity contribution in [2.45, 2.75) is 32.2 Å². The number of aliphatic carboxylic acids is 1. The van der Waals surface area contributed by atoms with Crippen molar-refractivity contribution in [3.63, 3.8) is 0 Å². The molecule has 0 spiro atoms. The molecular formula is C17H21NO4. The number of ether oxygens (including phenoxy) is 1. The van der Waals surface area contributed by atoms with Crippen LogP contribution in [0, 0.1) is 11.8 Å². The minimum Gasteiger partial charge on any atom is -0.494 e. The SMILES string of the molecule is CCOc1cccc(C(=O)N2CC3CCCC3C2C(=O)O)c1. The van der Waals surface area contributed by atoms with Crippen molar-refractivity contribution in [3.05, 3.63) is 29.8 Å². The average molecular weight is 303 g/mol. The van der Waals surface area contributed by atoms with Gasteiger partial charge < -0.3 is 14.7 Å². The van der Waals surface area contributed by atoms with Crippen molar-refractivity contribution >= 4 is 11.9 Å². The molecule has 3 rings (SSSR count). The highest BCUT2D eigenvalue weighted by molar-refractivity contribution is 5.97. The Labute approximate surface area is 129 Å². The summed E-state index contributed by atoms with van der Waals surface area (Å²) in [5.41, 5.74) is 0.497. The summed E-state index contributed by atoms with van der Waals surface area (Å²) < 4.78 is 5.42. The number of rotatable bonds is 4. The predicted molar refractivity (Wildman–Crippen MR) is 80.9 cm³/mol. The first kappa shape index (κ1) is 14.9. The standard InChI is InChI=1S/C17H21NO4/c1-2-22-13-7-3-5-11(9-13)16(19)18-10-12-6-4-8-14(12)15(18)17(20)21/h3,5,7,9,12,14-15H,2,4,6,8,10H2,1H3,(H,20,21). The molecular weight excluding hydrogens is 282 g/mol. The smallest absolute Gasteiger partial charge is 0.326 e. The molecule has 1 heterocycles. The zero-order valence-electron chi connectivity index (χ0n) is 12.7. The Balaban J connectivity index is 1.84. The van der Waals surface area contributed by atoms with Crippen molar-refractivity contribution in [1.82, 2.24) is 4.90 Å². The summed E-state index contributed by atoms with van der Waals surface area (Å²) in [6.45, 7) is 2.97. The summed E-state index contributed by atoms with van der Waals surface area (Å²) in [6, 6.07) is 6.30. The maximum Gasteiger partial charge on any atom is 0.326 e. The molecule has 1 amide bonds. The lowest BCUT2D eigenvalue weighted by Crippen LogP contribution is -2.43. The zero-order chi connectivity index (χ0) is 15.7. The first-order valence-corrected chi connectivity index (χ1v) is 7.88. The minimum absolute atomic E-state index is 0.108. The number of hydrogen-bond acceptors (Lipinski definition) is 3. The molecule has 3 atom stereocenters. The Kier molecular flexibility index (Phi) is 4.05. The zero-order valence-corrected chi connectivity index (χ0v) is 12.7. The van der Waals surface area contributed by atoms with E-state index in [9.17, 15) is 14.7 Å². The van der Waals surface area contributed by atoms with E-state index in [1.54, 1.807) is 29.2 Å². The van der Waals surface area contributed by atoms with Gasteiger partial charge in [-0.15, -0.1) is 0 Å². The van der Waals surface area contributed by atoms with Crippen LogP contribution >= 0.6 is 0 Å². The summed E-state index contributed by atoms with van der Waals surface area (Å²) in [5, 5.41) is 9.55. The maximum atomic E-state index is 12.8. The number of likely N-dealkylation sites (tertiary alicyclic amines) is 1. The molecule has 5 nitrogen and oxygen atoms in total. The van der Waals surface area contributed by atoms with E-state index in [0.29, 0.717) is 30.4 Å². The third-order valence-corrected chi connectivity index (χ3v) is 4.80. The van der Waals surface area contributed by atoms with Crippen LogP contribution in [0.3, 0.4) is 0 Å². The van der Waals surface area contributed by atoms with Gasteiger partial charge in [-0.2, -0.15) is 0 Å². The van der Waals surface area contributed by atoms with Gasteiger partial charge in [-0.3, -0.25) is 4.79 Å². The van der Waals surface area contributed by atoms with Gasteiger partial charge in [0, 0.05) is 12.1 Å². The van der Waals surface area contributed by atoms with Crippen molar-refractivity contribution in [2.24, 2.45) is 11.8 Å². The number of carboxylic acids is 1. The highest BCUT2D eigenvalue weighted by Gasteiger charge is 2.49. The summed E-state index contributed by atoms with van der Waals surface area (Å²) in [6.07, 6.45) is 3.00. The highest BCUT2D eigenvalue weighted by atomic mass is 16.5. The molecule has 1 N–H and O–H groups in total. The van der Waals surface area contributed by atoms with E-state index in [2.05, 4.69) is 0 Å². The van der Waals surface area contributed by atoms with Gasteiger partial charge in [-0.25, -0.2) is 4.79 Å². The Bertz CT molecular complexity index is 586.